The van der Waals surface area contributed by atoms with Crippen LogP contribution in [0.15, 0.2) is 0 Å². The molecule has 6 aliphatic heterocycles. The maximum Gasteiger partial charge on any atom is 0.187 e. The number of aliphatic hydroxyl groups is 17. The summed E-state index contributed by atoms with van der Waals surface area (Å²) in [7, 11) is 0. The molecule has 486 valence electrons. The summed E-state index contributed by atoms with van der Waals surface area (Å²) in [6, 6.07) is 0. The summed E-state index contributed by atoms with van der Waals surface area (Å²) < 4.78 is 65.9. The van der Waals surface area contributed by atoms with E-state index in [2.05, 4.69) is 20.8 Å². The van der Waals surface area contributed by atoms with Crippen LogP contribution >= 0.6 is 0 Å². The van der Waals surface area contributed by atoms with E-state index in [0.717, 1.165) is 38.5 Å². The van der Waals surface area contributed by atoms with E-state index in [-0.39, 0.29) is 47.2 Å². The second-order valence-corrected chi connectivity index (χ2v) is 26.6. The van der Waals surface area contributed by atoms with Crippen LogP contribution in [-0.4, -0.2) is 292 Å². The minimum atomic E-state index is -2.02. The van der Waals surface area contributed by atoms with Crippen LogP contribution in [0.1, 0.15) is 91.9 Å². The Labute approximate surface area is 487 Å². The van der Waals surface area contributed by atoms with Crippen molar-refractivity contribution in [2.24, 2.45) is 52.3 Å². The maximum absolute atomic E-state index is 12.1. The third-order valence-electron chi connectivity index (χ3n) is 21.8. The lowest BCUT2D eigenvalue weighted by Crippen LogP contribution is -2.68. The maximum atomic E-state index is 12.1. The number of hydrogen-bond donors (Lipinski definition) is 17. The molecule has 0 bridgehead atoms. The molecule has 10 fully saturated rings. The predicted octanol–water partition coefficient (Wildman–Crippen LogP) is -5.49. The van der Waals surface area contributed by atoms with Crippen molar-refractivity contribution in [3.63, 3.8) is 0 Å². The van der Waals surface area contributed by atoms with E-state index in [1.165, 1.54) is 0 Å². The van der Waals surface area contributed by atoms with E-state index in [1.807, 2.05) is 6.92 Å². The molecule has 0 spiro atoms. The molecule has 28 heteroatoms. The van der Waals surface area contributed by atoms with Crippen LogP contribution in [0, 0.1) is 52.3 Å². The summed E-state index contributed by atoms with van der Waals surface area (Å²) in [6.45, 7) is 5.31. The van der Waals surface area contributed by atoms with Crippen LogP contribution in [0.4, 0.5) is 0 Å². The van der Waals surface area contributed by atoms with E-state index in [0.29, 0.717) is 43.4 Å². The van der Waals surface area contributed by atoms with Gasteiger partial charge in [0.2, 0.25) is 0 Å². The first kappa shape index (κ1) is 65.8. The Bertz CT molecular complexity index is 2140. The van der Waals surface area contributed by atoms with Crippen molar-refractivity contribution < 1.29 is 139 Å². The Kier molecular flexibility index (Phi) is 20.6. The monoisotopic (exact) mass is 1210 g/mol. The Morgan fingerprint density at radius 3 is 1.73 bits per heavy atom. The van der Waals surface area contributed by atoms with Gasteiger partial charge < -0.3 is 139 Å². The van der Waals surface area contributed by atoms with Crippen LogP contribution in [0.3, 0.4) is 0 Å². The van der Waals surface area contributed by atoms with Crippen LogP contribution in [-0.2, 0) is 52.1 Å². The van der Waals surface area contributed by atoms with Gasteiger partial charge in [-0.25, -0.2) is 0 Å². The van der Waals surface area contributed by atoms with Crippen LogP contribution in [0.25, 0.3) is 0 Å². The van der Waals surface area contributed by atoms with E-state index in [9.17, 15) is 86.8 Å². The summed E-state index contributed by atoms with van der Waals surface area (Å²) in [5.74, 6) is 0.0903. The largest absolute Gasteiger partial charge is 0.394 e. The third kappa shape index (κ3) is 12.1. The molecule has 0 aromatic heterocycles. The van der Waals surface area contributed by atoms with Crippen molar-refractivity contribution in [2.45, 2.75) is 257 Å². The minimum absolute atomic E-state index is 0.0288. The molecular formula is C56H94O28. The number of rotatable bonds is 18. The summed E-state index contributed by atoms with van der Waals surface area (Å²) in [6.07, 6.45) is -33.1. The molecule has 0 aromatic rings. The van der Waals surface area contributed by atoms with Crippen molar-refractivity contribution in [1.29, 1.82) is 0 Å². The van der Waals surface area contributed by atoms with Gasteiger partial charge in [0.1, 0.15) is 116 Å². The first-order valence-corrected chi connectivity index (χ1v) is 30.3. The smallest absolute Gasteiger partial charge is 0.187 e. The average molecular weight is 1220 g/mol. The van der Waals surface area contributed by atoms with Crippen LogP contribution < -0.4 is 0 Å². The Hall–Kier alpha value is -1.12. The molecule has 4 saturated carbocycles. The zero-order valence-corrected chi connectivity index (χ0v) is 48.0. The van der Waals surface area contributed by atoms with Gasteiger partial charge in [-0.05, 0) is 104 Å². The van der Waals surface area contributed by atoms with Crippen molar-refractivity contribution in [1.82, 2.24) is 0 Å². The zero-order valence-electron chi connectivity index (χ0n) is 48.0. The van der Waals surface area contributed by atoms with E-state index in [4.69, 9.17) is 52.1 Å². The molecule has 84 heavy (non-hydrogen) atoms. The fourth-order valence-electron chi connectivity index (χ4n) is 16.8. The lowest BCUT2D eigenvalue weighted by molar-refractivity contribution is -0.404. The van der Waals surface area contributed by atoms with Gasteiger partial charge in [-0.2, -0.15) is 0 Å². The summed E-state index contributed by atoms with van der Waals surface area (Å²) in [5.41, 5.74) is -0.0852. The van der Waals surface area contributed by atoms with Crippen LogP contribution in [0.5, 0.6) is 0 Å². The Balaban J connectivity index is 0.759. The van der Waals surface area contributed by atoms with E-state index < -0.39 is 192 Å². The van der Waals surface area contributed by atoms with E-state index in [1.54, 1.807) is 0 Å². The normalized spacial score (nSPS) is 55.4. The lowest BCUT2D eigenvalue weighted by atomic mass is 9.44. The predicted molar refractivity (Wildman–Crippen MR) is 278 cm³/mol. The second kappa shape index (κ2) is 26.2. The third-order valence-corrected chi connectivity index (χ3v) is 21.8. The van der Waals surface area contributed by atoms with Gasteiger partial charge in [-0.15, -0.1) is 0 Å². The molecule has 0 amide bonds. The van der Waals surface area contributed by atoms with Gasteiger partial charge in [-0.3, -0.25) is 0 Å². The van der Waals surface area contributed by atoms with Crippen molar-refractivity contribution in [2.75, 3.05) is 39.6 Å². The molecule has 0 radical (unpaired) electrons. The zero-order chi connectivity index (χ0) is 60.6. The average Bonchev–Trinajstić information content (AvgIpc) is 2.08. The molecule has 10 rings (SSSR count). The van der Waals surface area contributed by atoms with Crippen molar-refractivity contribution in [3.8, 4) is 0 Å². The highest BCUT2D eigenvalue weighted by atomic mass is 16.8. The number of hydrogen-bond acceptors (Lipinski definition) is 28. The van der Waals surface area contributed by atoms with Crippen molar-refractivity contribution >= 4 is 0 Å². The molecule has 4 aliphatic carbocycles. The molecule has 6 heterocycles. The summed E-state index contributed by atoms with van der Waals surface area (Å²) >= 11 is 0. The Morgan fingerprint density at radius 1 is 0.512 bits per heavy atom. The van der Waals surface area contributed by atoms with Crippen LogP contribution in [0.2, 0.25) is 0 Å². The van der Waals surface area contributed by atoms with Gasteiger partial charge in [0.15, 0.2) is 37.2 Å². The van der Waals surface area contributed by atoms with Gasteiger partial charge in [0.05, 0.1) is 51.8 Å². The highest BCUT2D eigenvalue weighted by Gasteiger charge is 2.69. The van der Waals surface area contributed by atoms with Gasteiger partial charge in [0, 0.05) is 12.3 Å². The molecule has 6 saturated heterocycles. The van der Waals surface area contributed by atoms with E-state index >= 15 is 0 Å². The van der Waals surface area contributed by atoms with Crippen molar-refractivity contribution in [3.05, 3.63) is 0 Å². The van der Waals surface area contributed by atoms with Gasteiger partial charge in [-0.1, -0.05) is 27.7 Å². The highest BCUT2D eigenvalue weighted by molar-refractivity contribution is 5.15. The number of aliphatic hydroxyl groups excluding tert-OH is 16. The molecule has 28 nitrogen and oxygen atoms in total. The number of ether oxygens (including phenoxy) is 11. The fraction of sp³-hybridized carbons (Fsp3) is 1.00. The second-order valence-electron chi connectivity index (χ2n) is 26.6. The molecule has 17 N–H and O–H groups in total. The Morgan fingerprint density at radius 2 is 1.06 bits per heavy atom. The lowest BCUT2D eigenvalue weighted by Gasteiger charge is -2.61. The molecule has 10 aliphatic rings. The first-order valence-electron chi connectivity index (χ1n) is 30.3. The molecule has 36 atom stereocenters. The first-order chi connectivity index (χ1) is 39.8. The SMILES string of the molecule is C[C@H](CC[C@]1(O)O[C@H]2C[C@H]3[C@@H]4CC[C@H]5C[C@@H](O[C@H]6O[C@@H](CO)[C@@H](O[C@@H]7O[C@@H](CO)[C@H](O)[C@@H](O[C@H]8OC[C@H](O)[C@@H](O)[C@H]8O)[C@H]7O[C@@H]7O[C@H](CO)[C@@H](O)[C@H](O)[C@@H]7O)[C@H](O)[C@@H]6O)CC[C@@]5(C)[C@H]4CC[C@]3(C)[C@H]2[C@H]1C)CO[C@H]1O[C@H](CO)[C@@H](O)[C@@H](O)[C@H]1O. The minimum Gasteiger partial charge on any atom is -0.394 e. The summed E-state index contributed by atoms with van der Waals surface area (Å²) in [4.78, 5) is 0. The molecular weight excluding hydrogens is 1120 g/mol. The topological polar surface area (TPSA) is 445 Å². The quantitative estimate of drug-likeness (QED) is 0.0569. The summed E-state index contributed by atoms with van der Waals surface area (Å²) in [5, 5.41) is 182. The standard InChI is InChI=1S/C56H94O28/c1-21(19-74-49-43(70)39(66)36(63)30(15-57)77-49)7-12-56(73)22(2)34-29(84-56)14-27-25-6-5-23-13-24(8-10-54(23,3)26(25)9-11-55(27,34)4)76-51-45(72)41(68)46(33(18-60)80-51)81-53-48(83-52-44(71)40(67)37(64)31(16-58)78-52)47(38(65)32(17-59)79-53)82-50-42(69)35(62)28(61)20-75-50/h21-53,57-73H,5-20H2,1-4H3/t21-,22-,23+,24+,25-,26+,27+,28+,29+,30-,31-,32+,33+,34+,35-,36-,37-,38+,39-,40+,41-,42-,43-,44+,45+,46-,47-,48-,49+,50-,51+,52+,53+,54-,55+,56+/m1/s1. The number of fused-ring (bicyclic) bond motifs is 7. The molecule has 0 unspecified atom stereocenters. The van der Waals surface area contributed by atoms with Gasteiger partial charge >= 0.3 is 0 Å². The fourth-order valence-corrected chi connectivity index (χ4v) is 16.8. The molecule has 0 aromatic carbocycles. The van der Waals surface area contributed by atoms with Gasteiger partial charge in [0.25, 0.3) is 0 Å². The highest BCUT2D eigenvalue weighted by Crippen LogP contribution is 2.71.